The van der Waals surface area contributed by atoms with Crippen LogP contribution in [0.3, 0.4) is 0 Å². The monoisotopic (exact) mass is 255 g/mol. The first kappa shape index (κ1) is 21.0. The van der Waals surface area contributed by atoms with E-state index < -0.39 is 0 Å². The molecule has 0 amide bonds. The van der Waals surface area contributed by atoms with E-state index in [1.807, 2.05) is 27.2 Å². The standard InChI is InChI=1S/C13H19NO.C3H7.Li/c1-11(12(2)6-8-15)5-7-14-9-13(3,4)10-14;1-3-2;/h1,6H,5,7,9-10H2,2-4H3;3H,1-2H3;/q-2;-1;+1/b12-6-;;. The summed E-state index contributed by atoms with van der Waals surface area (Å²) in [6.45, 7) is 19.5. The third-order valence-corrected chi connectivity index (χ3v) is 2.78. The van der Waals surface area contributed by atoms with Gasteiger partial charge in [-0.3, -0.25) is 6.58 Å². The molecule has 1 heterocycles. The Bertz CT molecular complexity index is 300. The Hall–Kier alpha value is -0.293. The molecular weight excluding hydrogens is 229 g/mol. The number of nitrogens with zero attached hydrogens (tertiary/aromatic N) is 1. The van der Waals surface area contributed by atoms with Gasteiger partial charge >= 0.3 is 18.9 Å². The summed E-state index contributed by atoms with van der Waals surface area (Å²) < 4.78 is 0. The summed E-state index contributed by atoms with van der Waals surface area (Å²) >= 11 is 0. The van der Waals surface area contributed by atoms with Crippen LogP contribution in [0.15, 0.2) is 17.2 Å². The summed E-state index contributed by atoms with van der Waals surface area (Å²) in [5.74, 6) is 0. The van der Waals surface area contributed by atoms with E-state index in [4.69, 9.17) is 6.58 Å². The zero-order chi connectivity index (χ0) is 14.2. The van der Waals surface area contributed by atoms with Crippen LogP contribution < -0.4 is 18.9 Å². The Morgan fingerprint density at radius 1 is 1.42 bits per heavy atom. The van der Waals surface area contributed by atoms with E-state index >= 15 is 0 Å². The van der Waals surface area contributed by atoms with Crippen molar-refractivity contribution in [2.45, 2.75) is 41.0 Å². The summed E-state index contributed by atoms with van der Waals surface area (Å²) in [6.07, 6.45) is 5.98. The minimum atomic E-state index is 0. The molecule has 0 aromatic carbocycles. The normalized spacial score (nSPS) is 17.4. The van der Waals surface area contributed by atoms with Crippen LogP contribution >= 0.6 is 0 Å². The molecule has 0 radical (unpaired) electrons. The van der Waals surface area contributed by atoms with E-state index in [0.29, 0.717) is 5.41 Å². The Morgan fingerprint density at radius 3 is 2.26 bits per heavy atom. The largest absolute Gasteiger partial charge is 1.00 e. The molecule has 1 saturated heterocycles. The van der Waals surface area contributed by atoms with Crippen molar-refractivity contribution in [3.8, 4) is 0 Å². The second-order valence-electron chi connectivity index (χ2n) is 5.67. The first-order chi connectivity index (χ1) is 8.36. The van der Waals surface area contributed by atoms with E-state index in [-0.39, 0.29) is 18.9 Å². The van der Waals surface area contributed by atoms with E-state index in [1.54, 1.807) is 6.29 Å². The molecule has 0 N–H and O–H groups in total. The van der Waals surface area contributed by atoms with Crippen molar-refractivity contribution in [1.29, 1.82) is 0 Å². The summed E-state index contributed by atoms with van der Waals surface area (Å²) in [6, 6.07) is 0. The number of allylic oxidation sites excluding steroid dienone is 2. The minimum absolute atomic E-state index is 0. The predicted molar refractivity (Wildman–Crippen MR) is 77.7 cm³/mol. The zero-order valence-electron chi connectivity index (χ0n) is 13.4. The number of carbonyl (C=O) groups excluding carboxylic acids is 1. The maximum Gasteiger partial charge on any atom is 1.00 e. The summed E-state index contributed by atoms with van der Waals surface area (Å²) in [5, 5.41) is 0. The molecule has 0 bridgehead atoms. The third kappa shape index (κ3) is 9.27. The Morgan fingerprint density at radius 2 is 1.89 bits per heavy atom. The molecule has 1 aliphatic rings. The van der Waals surface area contributed by atoms with E-state index in [2.05, 4.69) is 18.7 Å². The SMILES string of the molecule is C[CH-]C.[CH-]=C(CCN1CC(C)(C)C1)/C(C)=C\[C-]=O.[Li+]. The third-order valence-electron chi connectivity index (χ3n) is 2.78. The van der Waals surface area contributed by atoms with Gasteiger partial charge < -0.3 is 16.1 Å². The van der Waals surface area contributed by atoms with Gasteiger partial charge in [-0.25, -0.2) is 11.1 Å². The van der Waals surface area contributed by atoms with Crippen molar-refractivity contribution in [1.82, 2.24) is 4.90 Å². The van der Waals surface area contributed by atoms with Gasteiger partial charge in [0.15, 0.2) is 0 Å². The second-order valence-corrected chi connectivity index (χ2v) is 5.67. The van der Waals surface area contributed by atoms with Gasteiger partial charge in [0.25, 0.3) is 0 Å². The molecule has 0 atom stereocenters. The topological polar surface area (TPSA) is 20.3 Å². The minimum Gasteiger partial charge on any atom is -0.419 e. The maximum atomic E-state index is 10.1. The van der Waals surface area contributed by atoms with Crippen molar-refractivity contribution in [3.05, 3.63) is 30.2 Å². The van der Waals surface area contributed by atoms with Crippen LogP contribution in [-0.2, 0) is 4.79 Å². The Labute approximate surface area is 131 Å². The number of rotatable bonds is 5. The molecule has 2 nitrogen and oxygen atoms in total. The van der Waals surface area contributed by atoms with Crippen molar-refractivity contribution < 1.29 is 23.7 Å². The van der Waals surface area contributed by atoms with Crippen molar-refractivity contribution in [2.24, 2.45) is 5.41 Å². The summed E-state index contributed by atoms with van der Waals surface area (Å²) in [5.41, 5.74) is 2.10. The molecule has 0 spiro atoms. The molecule has 0 aromatic rings. The number of likely N-dealkylation sites (tertiary alicyclic amines) is 1. The van der Waals surface area contributed by atoms with Gasteiger partial charge in [0.2, 0.25) is 0 Å². The fourth-order valence-corrected chi connectivity index (χ4v) is 1.98. The Kier molecular flexibility index (Phi) is 11.6. The van der Waals surface area contributed by atoms with Gasteiger partial charge in [0, 0.05) is 13.1 Å². The molecule has 1 rings (SSSR count). The molecule has 19 heavy (non-hydrogen) atoms. The summed E-state index contributed by atoms with van der Waals surface area (Å²) in [7, 11) is 0. The van der Waals surface area contributed by atoms with Gasteiger partial charge in [0.05, 0.1) is 0 Å². The number of hydrogen-bond acceptors (Lipinski definition) is 2. The van der Waals surface area contributed by atoms with E-state index in [1.165, 1.54) is 6.08 Å². The van der Waals surface area contributed by atoms with Crippen molar-refractivity contribution in [2.75, 3.05) is 19.6 Å². The van der Waals surface area contributed by atoms with Crippen LogP contribution in [0.5, 0.6) is 0 Å². The predicted octanol–water partition coefficient (Wildman–Crippen LogP) is 0.368. The first-order valence-electron chi connectivity index (χ1n) is 6.48. The van der Waals surface area contributed by atoms with Gasteiger partial charge in [-0.05, 0) is 24.7 Å². The van der Waals surface area contributed by atoms with Crippen LogP contribution in [0.4, 0.5) is 0 Å². The van der Waals surface area contributed by atoms with E-state index in [0.717, 1.165) is 37.2 Å². The number of hydrogen-bond donors (Lipinski definition) is 0. The van der Waals surface area contributed by atoms with Crippen LogP contribution in [0.1, 0.15) is 41.0 Å². The zero-order valence-corrected chi connectivity index (χ0v) is 13.4. The van der Waals surface area contributed by atoms with Crippen molar-refractivity contribution in [3.63, 3.8) is 0 Å². The van der Waals surface area contributed by atoms with Gasteiger partial charge in [-0.1, -0.05) is 13.8 Å². The first-order valence-corrected chi connectivity index (χ1v) is 6.48. The average molecular weight is 255 g/mol. The molecule has 0 unspecified atom stereocenters. The quantitative estimate of drug-likeness (QED) is 0.306. The molecule has 1 fully saturated rings. The van der Waals surface area contributed by atoms with Crippen LogP contribution in [-0.4, -0.2) is 30.8 Å². The molecule has 0 saturated carbocycles. The van der Waals surface area contributed by atoms with Crippen LogP contribution in [0.25, 0.3) is 0 Å². The molecule has 3 heteroatoms. The van der Waals surface area contributed by atoms with Crippen LogP contribution in [0.2, 0.25) is 0 Å². The molecule has 104 valence electrons. The van der Waals surface area contributed by atoms with E-state index in [9.17, 15) is 4.79 Å². The summed E-state index contributed by atoms with van der Waals surface area (Å²) in [4.78, 5) is 12.5. The fraction of sp³-hybridized carbons (Fsp3) is 0.625. The molecule has 0 aromatic heterocycles. The average Bonchev–Trinajstić information content (AvgIpc) is 2.24. The maximum absolute atomic E-state index is 10.1. The van der Waals surface area contributed by atoms with Gasteiger partial charge in [0.1, 0.15) is 0 Å². The smallest absolute Gasteiger partial charge is 0.419 e. The van der Waals surface area contributed by atoms with Crippen LogP contribution in [0, 0.1) is 18.4 Å². The molecule has 1 aliphatic heterocycles. The van der Waals surface area contributed by atoms with Crippen molar-refractivity contribution >= 4 is 6.29 Å². The van der Waals surface area contributed by atoms with Gasteiger partial charge in [-0.2, -0.15) is 19.9 Å². The Balaban J connectivity index is 0. The molecule has 0 aliphatic carbocycles. The molecular formula is C16H26LiNO-2. The van der Waals surface area contributed by atoms with Gasteiger partial charge in [-0.15, -0.1) is 6.92 Å². The second kappa shape index (κ2) is 10.5. The fourth-order valence-electron chi connectivity index (χ4n) is 1.98.